The van der Waals surface area contributed by atoms with E-state index in [1.54, 1.807) is 29.4 Å². The van der Waals surface area contributed by atoms with E-state index in [0.717, 1.165) is 0 Å². The second-order valence-corrected chi connectivity index (χ2v) is 5.93. The van der Waals surface area contributed by atoms with Crippen LogP contribution < -0.4 is 5.32 Å². The summed E-state index contributed by atoms with van der Waals surface area (Å²) in [6.07, 6.45) is 6.07. The van der Waals surface area contributed by atoms with Crippen molar-refractivity contribution in [3.05, 3.63) is 65.9 Å². The van der Waals surface area contributed by atoms with Gasteiger partial charge in [-0.05, 0) is 55.3 Å². The molecule has 0 radical (unpaired) electrons. The van der Waals surface area contributed by atoms with Crippen molar-refractivity contribution >= 4 is 17.9 Å². The third-order valence-electron chi connectivity index (χ3n) is 4.18. The lowest BCUT2D eigenvalue weighted by Gasteiger charge is -2.31. The number of hydrogen-bond acceptors (Lipinski definition) is 3. The highest BCUT2D eigenvalue weighted by molar-refractivity contribution is 5.94. The summed E-state index contributed by atoms with van der Waals surface area (Å²) in [6.45, 7) is 1.16. The van der Waals surface area contributed by atoms with E-state index in [4.69, 9.17) is 4.42 Å². The molecule has 2 amide bonds. The summed E-state index contributed by atoms with van der Waals surface area (Å²) >= 11 is 0. The van der Waals surface area contributed by atoms with E-state index in [-0.39, 0.29) is 23.7 Å². The SMILES string of the molecule is O=C(NC1CCN(C(=O)C=Cc2ccco2)CC1)c1ccc(F)cc1. The van der Waals surface area contributed by atoms with Crippen LogP contribution in [0, 0.1) is 5.82 Å². The fourth-order valence-corrected chi connectivity index (χ4v) is 2.76. The van der Waals surface area contributed by atoms with Crippen molar-refractivity contribution in [1.29, 1.82) is 0 Å². The van der Waals surface area contributed by atoms with Crippen molar-refractivity contribution < 1.29 is 18.4 Å². The number of carbonyl (C=O) groups is 2. The Morgan fingerprint density at radius 1 is 1.16 bits per heavy atom. The zero-order valence-electron chi connectivity index (χ0n) is 13.7. The highest BCUT2D eigenvalue weighted by Crippen LogP contribution is 2.13. The average Bonchev–Trinajstić information content (AvgIpc) is 3.14. The zero-order chi connectivity index (χ0) is 17.6. The van der Waals surface area contributed by atoms with Gasteiger partial charge < -0.3 is 14.6 Å². The molecule has 0 atom stereocenters. The molecule has 0 aliphatic carbocycles. The Bertz CT molecular complexity index is 745. The lowest BCUT2D eigenvalue weighted by atomic mass is 10.0. The lowest BCUT2D eigenvalue weighted by molar-refractivity contribution is -0.127. The summed E-state index contributed by atoms with van der Waals surface area (Å²) in [4.78, 5) is 26.0. The number of nitrogens with one attached hydrogen (secondary N) is 1. The number of nitrogens with zero attached hydrogens (tertiary/aromatic N) is 1. The monoisotopic (exact) mass is 342 g/mol. The molecule has 0 unspecified atom stereocenters. The number of halogens is 1. The maximum absolute atomic E-state index is 12.9. The number of amides is 2. The van der Waals surface area contributed by atoms with Crippen molar-refractivity contribution in [2.24, 2.45) is 0 Å². The van der Waals surface area contributed by atoms with Crippen molar-refractivity contribution in [1.82, 2.24) is 10.2 Å². The normalized spacial score (nSPS) is 15.5. The van der Waals surface area contributed by atoms with E-state index in [0.29, 0.717) is 37.3 Å². The Balaban J connectivity index is 1.47. The summed E-state index contributed by atoms with van der Waals surface area (Å²) in [6, 6.07) is 9.00. The van der Waals surface area contributed by atoms with Gasteiger partial charge in [-0.2, -0.15) is 0 Å². The second-order valence-electron chi connectivity index (χ2n) is 5.93. The minimum atomic E-state index is -0.369. The molecule has 0 spiro atoms. The third-order valence-corrected chi connectivity index (χ3v) is 4.18. The minimum absolute atomic E-state index is 0.00987. The van der Waals surface area contributed by atoms with Crippen LogP contribution in [0.3, 0.4) is 0 Å². The number of furan rings is 1. The molecule has 0 bridgehead atoms. The molecule has 130 valence electrons. The standard InChI is InChI=1S/C19H19FN2O3/c20-15-5-3-14(4-6-15)19(24)21-16-9-11-22(12-10-16)18(23)8-7-17-2-1-13-25-17/h1-8,13,16H,9-12H2,(H,21,24). The number of hydrogen-bond donors (Lipinski definition) is 1. The summed E-state index contributed by atoms with van der Waals surface area (Å²) in [5, 5.41) is 2.94. The second kappa shape index (κ2) is 7.79. The summed E-state index contributed by atoms with van der Waals surface area (Å²) in [5.41, 5.74) is 0.432. The molecule has 2 heterocycles. The molecule has 0 saturated carbocycles. The van der Waals surface area contributed by atoms with Crippen LogP contribution >= 0.6 is 0 Å². The molecule has 1 aliphatic rings. The van der Waals surface area contributed by atoms with Crippen LogP contribution in [0.1, 0.15) is 29.0 Å². The molecule has 1 aliphatic heterocycles. The van der Waals surface area contributed by atoms with E-state index in [1.165, 1.54) is 30.3 Å². The zero-order valence-corrected chi connectivity index (χ0v) is 13.7. The van der Waals surface area contributed by atoms with E-state index in [2.05, 4.69) is 5.32 Å². The molecule has 1 saturated heterocycles. The van der Waals surface area contributed by atoms with Crippen molar-refractivity contribution in [2.45, 2.75) is 18.9 Å². The Kier molecular flexibility index (Phi) is 5.28. The molecule has 2 aromatic rings. The van der Waals surface area contributed by atoms with Crippen LogP contribution in [0.15, 0.2) is 53.2 Å². The molecule has 1 aromatic heterocycles. The van der Waals surface area contributed by atoms with E-state index >= 15 is 0 Å². The predicted molar refractivity (Wildman–Crippen MR) is 91.2 cm³/mol. The minimum Gasteiger partial charge on any atom is -0.465 e. The third kappa shape index (κ3) is 4.56. The predicted octanol–water partition coefficient (Wildman–Crippen LogP) is 2.85. The first-order chi connectivity index (χ1) is 12.1. The largest absolute Gasteiger partial charge is 0.465 e. The quantitative estimate of drug-likeness (QED) is 0.869. The first-order valence-corrected chi connectivity index (χ1v) is 8.19. The van der Waals surface area contributed by atoms with E-state index in [9.17, 15) is 14.0 Å². The summed E-state index contributed by atoms with van der Waals surface area (Å²) < 4.78 is 18.1. The lowest BCUT2D eigenvalue weighted by Crippen LogP contribution is -2.46. The molecule has 3 rings (SSSR count). The van der Waals surface area contributed by atoms with Gasteiger partial charge in [0.2, 0.25) is 5.91 Å². The highest BCUT2D eigenvalue weighted by atomic mass is 19.1. The maximum atomic E-state index is 12.9. The van der Waals surface area contributed by atoms with Crippen molar-refractivity contribution in [2.75, 3.05) is 13.1 Å². The molecule has 5 nitrogen and oxygen atoms in total. The van der Waals surface area contributed by atoms with E-state index < -0.39 is 0 Å². The van der Waals surface area contributed by atoms with Crippen LogP contribution in [0.25, 0.3) is 6.08 Å². The number of piperidine rings is 1. The van der Waals surface area contributed by atoms with Crippen molar-refractivity contribution in [3.63, 3.8) is 0 Å². The number of likely N-dealkylation sites (tertiary alicyclic amines) is 1. The molecule has 1 fully saturated rings. The first kappa shape index (κ1) is 17.0. The molecule has 25 heavy (non-hydrogen) atoms. The van der Waals surface area contributed by atoms with Crippen LogP contribution in [0.4, 0.5) is 4.39 Å². The number of carbonyl (C=O) groups excluding carboxylic acids is 2. The first-order valence-electron chi connectivity index (χ1n) is 8.19. The van der Waals surface area contributed by atoms with Gasteiger partial charge in [0, 0.05) is 30.8 Å². The summed E-state index contributed by atoms with van der Waals surface area (Å²) in [5.74, 6) is -0.0250. The Morgan fingerprint density at radius 3 is 2.52 bits per heavy atom. The van der Waals surface area contributed by atoms with Gasteiger partial charge >= 0.3 is 0 Å². The Morgan fingerprint density at radius 2 is 1.88 bits per heavy atom. The molecular formula is C19H19FN2O3. The van der Waals surface area contributed by atoms with Gasteiger partial charge in [0.1, 0.15) is 11.6 Å². The fourth-order valence-electron chi connectivity index (χ4n) is 2.76. The van der Waals surface area contributed by atoms with Gasteiger partial charge in [-0.1, -0.05) is 0 Å². The average molecular weight is 342 g/mol. The Hall–Kier alpha value is -2.89. The smallest absolute Gasteiger partial charge is 0.251 e. The van der Waals surface area contributed by atoms with Gasteiger partial charge in [0.15, 0.2) is 0 Å². The number of rotatable bonds is 4. The maximum Gasteiger partial charge on any atom is 0.251 e. The number of benzene rings is 1. The van der Waals surface area contributed by atoms with Crippen LogP contribution in [-0.4, -0.2) is 35.8 Å². The Labute approximate surface area is 145 Å². The van der Waals surface area contributed by atoms with E-state index in [1.807, 2.05) is 0 Å². The molecular weight excluding hydrogens is 323 g/mol. The van der Waals surface area contributed by atoms with Gasteiger partial charge in [0.25, 0.3) is 5.91 Å². The van der Waals surface area contributed by atoms with Gasteiger partial charge in [-0.15, -0.1) is 0 Å². The van der Waals surface area contributed by atoms with Crippen LogP contribution in [0.5, 0.6) is 0 Å². The van der Waals surface area contributed by atoms with Gasteiger partial charge in [-0.25, -0.2) is 4.39 Å². The molecule has 1 aromatic carbocycles. The van der Waals surface area contributed by atoms with Gasteiger partial charge in [-0.3, -0.25) is 9.59 Å². The van der Waals surface area contributed by atoms with Crippen LogP contribution in [-0.2, 0) is 4.79 Å². The highest BCUT2D eigenvalue weighted by Gasteiger charge is 2.23. The summed E-state index contributed by atoms with van der Waals surface area (Å²) in [7, 11) is 0. The molecule has 6 heteroatoms. The molecule has 1 N–H and O–H groups in total. The topological polar surface area (TPSA) is 62.6 Å². The van der Waals surface area contributed by atoms with Crippen molar-refractivity contribution in [3.8, 4) is 0 Å². The fraction of sp³-hybridized carbons (Fsp3) is 0.263. The van der Waals surface area contributed by atoms with Gasteiger partial charge in [0.05, 0.1) is 6.26 Å². The van der Waals surface area contributed by atoms with Crippen LogP contribution in [0.2, 0.25) is 0 Å².